The van der Waals surface area contributed by atoms with Crippen molar-refractivity contribution in [3.63, 3.8) is 0 Å². The Kier molecular flexibility index (Phi) is 3.27. The summed E-state index contributed by atoms with van der Waals surface area (Å²) >= 11 is 0. The normalized spacial score (nSPS) is 28.4. The number of likely N-dealkylation sites (tertiary alicyclic amines) is 1. The van der Waals surface area contributed by atoms with Gasteiger partial charge in [-0.25, -0.2) is 4.39 Å². The SMILES string of the molecule is CN1C2CCC1CN(C(=O)C(F)c1ccccc1)C2. The maximum absolute atomic E-state index is 14.3. The number of carbonyl (C=O) groups excluding carboxylic acids is 1. The average molecular weight is 262 g/mol. The standard InChI is InChI=1S/C15H19FN2O/c1-17-12-7-8-13(17)10-18(9-12)15(19)14(16)11-5-3-2-4-6-11/h2-6,12-14H,7-10H2,1H3. The van der Waals surface area contributed by atoms with Gasteiger partial charge < -0.3 is 4.90 Å². The van der Waals surface area contributed by atoms with Crippen molar-refractivity contribution < 1.29 is 9.18 Å². The number of carbonyl (C=O) groups is 1. The molecular formula is C15H19FN2O. The number of fused-ring (bicyclic) bond motifs is 2. The van der Waals surface area contributed by atoms with Crippen molar-refractivity contribution in [1.29, 1.82) is 0 Å². The summed E-state index contributed by atoms with van der Waals surface area (Å²) in [5.41, 5.74) is 0.457. The van der Waals surface area contributed by atoms with Gasteiger partial charge in [-0.15, -0.1) is 0 Å². The number of nitrogens with zero attached hydrogens (tertiary/aromatic N) is 2. The summed E-state index contributed by atoms with van der Waals surface area (Å²) in [5.74, 6) is -0.379. The van der Waals surface area contributed by atoms with Crippen LogP contribution in [0.4, 0.5) is 4.39 Å². The van der Waals surface area contributed by atoms with Crippen molar-refractivity contribution in [2.45, 2.75) is 31.1 Å². The molecule has 3 unspecified atom stereocenters. The van der Waals surface area contributed by atoms with E-state index < -0.39 is 6.17 Å². The van der Waals surface area contributed by atoms with Crippen molar-refractivity contribution >= 4 is 5.91 Å². The van der Waals surface area contributed by atoms with Crippen LogP contribution in [0.1, 0.15) is 24.6 Å². The van der Waals surface area contributed by atoms with Gasteiger partial charge in [0.2, 0.25) is 6.17 Å². The summed E-state index contributed by atoms with van der Waals surface area (Å²) < 4.78 is 14.3. The lowest BCUT2D eigenvalue weighted by Crippen LogP contribution is -2.54. The zero-order valence-electron chi connectivity index (χ0n) is 11.1. The molecule has 0 saturated carbocycles. The number of likely N-dealkylation sites (N-methyl/N-ethyl adjacent to an activating group) is 1. The molecule has 2 bridgehead atoms. The summed E-state index contributed by atoms with van der Waals surface area (Å²) in [7, 11) is 2.11. The second-order valence-corrected chi connectivity index (χ2v) is 5.57. The molecule has 2 aliphatic heterocycles. The van der Waals surface area contributed by atoms with E-state index in [-0.39, 0.29) is 5.91 Å². The fourth-order valence-corrected chi connectivity index (χ4v) is 3.22. The molecule has 3 atom stereocenters. The van der Waals surface area contributed by atoms with Crippen LogP contribution in [-0.4, -0.2) is 47.9 Å². The molecule has 0 N–H and O–H groups in total. The van der Waals surface area contributed by atoms with Crippen LogP contribution in [-0.2, 0) is 4.79 Å². The second-order valence-electron chi connectivity index (χ2n) is 5.57. The van der Waals surface area contributed by atoms with Crippen molar-refractivity contribution in [1.82, 2.24) is 9.80 Å². The Balaban J connectivity index is 1.71. The van der Waals surface area contributed by atoms with Crippen molar-refractivity contribution in [2.24, 2.45) is 0 Å². The van der Waals surface area contributed by atoms with Gasteiger partial charge in [0.15, 0.2) is 0 Å². The van der Waals surface area contributed by atoms with E-state index in [1.54, 1.807) is 29.2 Å². The predicted octanol–water partition coefficient (Wildman–Crippen LogP) is 2.00. The first-order valence-electron chi connectivity index (χ1n) is 6.86. The molecule has 2 fully saturated rings. The summed E-state index contributed by atoms with van der Waals surface area (Å²) in [4.78, 5) is 16.3. The molecule has 1 amide bonds. The number of hydrogen-bond donors (Lipinski definition) is 0. The Hall–Kier alpha value is -1.42. The smallest absolute Gasteiger partial charge is 0.261 e. The third-order valence-electron chi connectivity index (χ3n) is 4.47. The summed E-state index contributed by atoms with van der Waals surface area (Å²) in [6.07, 6.45) is 0.713. The number of amides is 1. The Bertz CT molecular complexity index is 450. The second kappa shape index (κ2) is 4.93. The molecule has 0 spiro atoms. The Morgan fingerprint density at radius 3 is 2.37 bits per heavy atom. The highest BCUT2D eigenvalue weighted by molar-refractivity contribution is 5.82. The average Bonchev–Trinajstić information content (AvgIpc) is 2.68. The molecule has 2 saturated heterocycles. The van der Waals surface area contributed by atoms with Crippen LogP contribution >= 0.6 is 0 Å². The maximum atomic E-state index is 14.3. The monoisotopic (exact) mass is 262 g/mol. The lowest BCUT2D eigenvalue weighted by molar-refractivity contribution is -0.140. The first kappa shape index (κ1) is 12.6. The van der Waals surface area contributed by atoms with E-state index in [1.165, 1.54) is 0 Å². The van der Waals surface area contributed by atoms with Gasteiger partial charge in [0.1, 0.15) is 0 Å². The fraction of sp³-hybridized carbons (Fsp3) is 0.533. The Morgan fingerprint density at radius 2 is 1.79 bits per heavy atom. The zero-order chi connectivity index (χ0) is 13.4. The van der Waals surface area contributed by atoms with Gasteiger partial charge >= 0.3 is 0 Å². The number of piperazine rings is 1. The number of benzene rings is 1. The van der Waals surface area contributed by atoms with Crippen LogP contribution in [0, 0.1) is 0 Å². The van der Waals surface area contributed by atoms with E-state index in [0.717, 1.165) is 12.8 Å². The predicted molar refractivity (Wildman–Crippen MR) is 71.4 cm³/mol. The molecule has 3 rings (SSSR count). The van der Waals surface area contributed by atoms with Gasteiger partial charge in [0.05, 0.1) is 0 Å². The van der Waals surface area contributed by atoms with Crippen LogP contribution in [0.2, 0.25) is 0 Å². The third kappa shape index (κ3) is 2.25. The van der Waals surface area contributed by atoms with Crippen LogP contribution in [0.15, 0.2) is 30.3 Å². The molecule has 0 radical (unpaired) electrons. The summed E-state index contributed by atoms with van der Waals surface area (Å²) in [6.45, 7) is 1.33. The van der Waals surface area contributed by atoms with Crippen LogP contribution in [0.25, 0.3) is 0 Å². The molecular weight excluding hydrogens is 243 g/mol. The van der Waals surface area contributed by atoms with Gasteiger partial charge in [0, 0.05) is 25.2 Å². The van der Waals surface area contributed by atoms with E-state index >= 15 is 0 Å². The van der Waals surface area contributed by atoms with Crippen molar-refractivity contribution in [3.05, 3.63) is 35.9 Å². The largest absolute Gasteiger partial charge is 0.337 e. The summed E-state index contributed by atoms with van der Waals surface area (Å²) in [6, 6.07) is 9.53. The van der Waals surface area contributed by atoms with Crippen molar-refractivity contribution in [3.8, 4) is 0 Å². The number of halogens is 1. The van der Waals surface area contributed by atoms with E-state index in [2.05, 4.69) is 11.9 Å². The highest BCUT2D eigenvalue weighted by Gasteiger charge is 2.40. The Morgan fingerprint density at radius 1 is 1.21 bits per heavy atom. The lowest BCUT2D eigenvalue weighted by atomic mass is 10.1. The van der Waals surface area contributed by atoms with Gasteiger partial charge in [-0.1, -0.05) is 30.3 Å². The topological polar surface area (TPSA) is 23.6 Å². The number of rotatable bonds is 2. The molecule has 0 aliphatic carbocycles. The molecule has 3 nitrogen and oxygen atoms in total. The molecule has 19 heavy (non-hydrogen) atoms. The lowest BCUT2D eigenvalue weighted by Gasteiger charge is -2.39. The molecule has 2 aliphatic rings. The van der Waals surface area contributed by atoms with Crippen LogP contribution < -0.4 is 0 Å². The highest BCUT2D eigenvalue weighted by atomic mass is 19.1. The fourth-order valence-electron chi connectivity index (χ4n) is 3.22. The molecule has 1 aromatic rings. The first-order valence-corrected chi connectivity index (χ1v) is 6.86. The van der Waals surface area contributed by atoms with E-state index in [0.29, 0.717) is 30.7 Å². The molecule has 4 heteroatoms. The van der Waals surface area contributed by atoms with E-state index in [1.807, 2.05) is 6.07 Å². The zero-order valence-corrected chi connectivity index (χ0v) is 11.1. The van der Waals surface area contributed by atoms with Gasteiger partial charge in [-0.2, -0.15) is 0 Å². The van der Waals surface area contributed by atoms with Gasteiger partial charge in [0.25, 0.3) is 5.91 Å². The first-order chi connectivity index (χ1) is 9.16. The number of hydrogen-bond acceptors (Lipinski definition) is 2. The minimum absolute atomic E-state index is 0.379. The van der Waals surface area contributed by atoms with Crippen LogP contribution in [0.3, 0.4) is 0 Å². The molecule has 102 valence electrons. The number of alkyl halides is 1. The van der Waals surface area contributed by atoms with E-state index in [9.17, 15) is 9.18 Å². The molecule has 1 aromatic carbocycles. The molecule has 2 heterocycles. The van der Waals surface area contributed by atoms with Gasteiger partial charge in [-0.3, -0.25) is 9.69 Å². The third-order valence-corrected chi connectivity index (χ3v) is 4.47. The highest BCUT2D eigenvalue weighted by Crippen LogP contribution is 2.30. The minimum atomic E-state index is -1.52. The maximum Gasteiger partial charge on any atom is 0.261 e. The van der Waals surface area contributed by atoms with Crippen molar-refractivity contribution in [2.75, 3.05) is 20.1 Å². The van der Waals surface area contributed by atoms with Gasteiger partial charge in [-0.05, 0) is 25.5 Å². The quantitative estimate of drug-likeness (QED) is 0.814. The minimum Gasteiger partial charge on any atom is -0.337 e. The summed E-state index contributed by atoms with van der Waals surface area (Å²) in [5, 5.41) is 0. The van der Waals surface area contributed by atoms with Crippen LogP contribution in [0.5, 0.6) is 0 Å². The van der Waals surface area contributed by atoms with E-state index in [4.69, 9.17) is 0 Å². The molecule has 0 aromatic heterocycles. The Labute approximate surface area is 113 Å².